The number of hydrogen-bond donors (Lipinski definition) is 0. The van der Waals surface area contributed by atoms with E-state index < -0.39 is 16.1 Å². The predicted molar refractivity (Wildman–Crippen MR) is 120 cm³/mol. The number of aryl methyl sites for hydroxylation is 1. The van der Waals surface area contributed by atoms with Crippen LogP contribution in [0.25, 0.3) is 17.4 Å². The van der Waals surface area contributed by atoms with Gasteiger partial charge in [0.15, 0.2) is 0 Å². The Morgan fingerprint density at radius 3 is 2.64 bits per heavy atom. The summed E-state index contributed by atoms with van der Waals surface area (Å²) in [6.45, 7) is 4.86. The van der Waals surface area contributed by atoms with Gasteiger partial charge in [0, 0.05) is 36.4 Å². The molecule has 2 aliphatic rings. The molecule has 11 heteroatoms. The number of nitrogens with zero attached hydrogens (tertiary/aromatic N) is 3. The number of furan rings is 1. The summed E-state index contributed by atoms with van der Waals surface area (Å²) in [6, 6.07) is 6.49. The van der Waals surface area contributed by atoms with Gasteiger partial charge in [0.05, 0.1) is 23.0 Å². The third kappa shape index (κ3) is 4.69. The van der Waals surface area contributed by atoms with Gasteiger partial charge < -0.3 is 14.1 Å². The van der Waals surface area contributed by atoms with Crippen molar-refractivity contribution in [3.05, 3.63) is 56.2 Å². The Morgan fingerprint density at radius 2 is 1.94 bits per heavy atom. The first-order valence-electron chi connectivity index (χ1n) is 10.2. The third-order valence-electron chi connectivity index (χ3n) is 5.55. The van der Waals surface area contributed by atoms with Crippen molar-refractivity contribution >= 4 is 40.6 Å². The van der Waals surface area contributed by atoms with Crippen molar-refractivity contribution in [2.24, 2.45) is 0 Å². The minimum atomic E-state index is -0.564. The number of ether oxygens (including phenoxy) is 1. The highest BCUT2D eigenvalue weighted by Crippen LogP contribution is 2.34. The monoisotopic (exact) mass is 471 g/mol. The molecule has 0 unspecified atom stereocenters. The molecule has 4 rings (SSSR count). The van der Waals surface area contributed by atoms with Crippen LogP contribution in [0.5, 0.6) is 0 Å². The molecule has 0 spiro atoms. The van der Waals surface area contributed by atoms with E-state index >= 15 is 0 Å². The lowest BCUT2D eigenvalue weighted by atomic mass is 10.0. The Bertz CT molecular complexity index is 1180. The van der Waals surface area contributed by atoms with Crippen molar-refractivity contribution in [2.75, 3.05) is 32.8 Å². The molecule has 2 aromatic rings. The average molecular weight is 471 g/mol. The molecule has 2 fully saturated rings. The molecule has 0 radical (unpaired) electrons. The molecule has 2 aliphatic heterocycles. The molecule has 172 valence electrons. The van der Waals surface area contributed by atoms with Crippen molar-refractivity contribution in [3.63, 3.8) is 0 Å². The maximum atomic E-state index is 12.7. The van der Waals surface area contributed by atoms with Gasteiger partial charge in [-0.2, -0.15) is 0 Å². The van der Waals surface area contributed by atoms with E-state index in [1.807, 2.05) is 0 Å². The lowest BCUT2D eigenvalue weighted by Crippen LogP contribution is -2.46. The van der Waals surface area contributed by atoms with Crippen molar-refractivity contribution < 1.29 is 28.5 Å². The molecule has 33 heavy (non-hydrogen) atoms. The zero-order valence-corrected chi connectivity index (χ0v) is 18.8. The number of carbonyl (C=O) groups excluding carboxylic acids is 3. The summed E-state index contributed by atoms with van der Waals surface area (Å²) in [5.41, 5.74) is 1.86. The van der Waals surface area contributed by atoms with Gasteiger partial charge in [0.2, 0.25) is 5.91 Å². The second-order valence-electron chi connectivity index (χ2n) is 7.66. The number of morpholine rings is 1. The van der Waals surface area contributed by atoms with Gasteiger partial charge in [-0.1, -0.05) is 0 Å². The van der Waals surface area contributed by atoms with Crippen LogP contribution in [0.3, 0.4) is 0 Å². The molecular formula is C22H21N3O7S. The van der Waals surface area contributed by atoms with E-state index in [0.29, 0.717) is 49.0 Å². The Hall–Kier alpha value is -3.44. The van der Waals surface area contributed by atoms with Gasteiger partial charge >= 0.3 is 0 Å². The number of thioether (sulfide) groups is 1. The fourth-order valence-corrected chi connectivity index (χ4v) is 4.39. The number of amides is 3. The Morgan fingerprint density at radius 1 is 1.21 bits per heavy atom. The van der Waals surface area contributed by atoms with Crippen molar-refractivity contribution in [1.29, 1.82) is 0 Å². The molecule has 1 aromatic heterocycles. The molecular weight excluding hydrogens is 450 g/mol. The SMILES string of the molecule is Cc1cc(-c2ccc(/C=C3/SC(=O)N(CC(=O)N4CCOCC4)C3=O)o2)cc([N+](=O)[O-])c1C. The first-order chi connectivity index (χ1) is 15.7. The molecule has 10 nitrogen and oxygen atoms in total. The fraction of sp³-hybridized carbons (Fsp3) is 0.318. The van der Waals surface area contributed by atoms with Crippen molar-refractivity contribution in [2.45, 2.75) is 13.8 Å². The van der Waals surface area contributed by atoms with Crippen LogP contribution in [-0.2, 0) is 14.3 Å². The van der Waals surface area contributed by atoms with Crippen LogP contribution in [0.4, 0.5) is 10.5 Å². The molecule has 1 aromatic carbocycles. The van der Waals surface area contributed by atoms with E-state index in [2.05, 4.69) is 0 Å². The maximum absolute atomic E-state index is 12.7. The topological polar surface area (TPSA) is 123 Å². The summed E-state index contributed by atoms with van der Waals surface area (Å²) in [5.74, 6) is -0.157. The summed E-state index contributed by atoms with van der Waals surface area (Å²) >= 11 is 0.735. The molecule has 0 atom stereocenters. The van der Waals surface area contributed by atoms with Crippen molar-refractivity contribution in [1.82, 2.24) is 9.80 Å². The largest absolute Gasteiger partial charge is 0.457 e. The third-order valence-corrected chi connectivity index (χ3v) is 6.46. The molecule has 0 bridgehead atoms. The van der Waals surface area contributed by atoms with Gasteiger partial charge in [0.1, 0.15) is 18.1 Å². The Labute approximate surface area is 193 Å². The first-order valence-corrected chi connectivity index (χ1v) is 11.0. The predicted octanol–water partition coefficient (Wildman–Crippen LogP) is 3.37. The molecule has 0 aliphatic carbocycles. The normalized spacial score (nSPS) is 17.8. The second-order valence-corrected chi connectivity index (χ2v) is 8.65. The van der Waals surface area contributed by atoms with Gasteiger partial charge in [-0.3, -0.25) is 29.4 Å². The zero-order valence-electron chi connectivity index (χ0n) is 18.0. The standard InChI is InChI=1S/C22H21N3O7S/c1-13-9-15(10-17(14(13)2)25(29)30)18-4-3-16(32-18)11-19-21(27)24(22(28)33-19)12-20(26)23-5-7-31-8-6-23/h3-4,9-11H,5-8,12H2,1-2H3/b19-11+. The van der Waals surface area contributed by atoms with E-state index in [1.54, 1.807) is 36.9 Å². The number of nitro benzene ring substituents is 1. The highest BCUT2D eigenvalue weighted by molar-refractivity contribution is 8.18. The summed E-state index contributed by atoms with van der Waals surface area (Å²) < 4.78 is 11.0. The zero-order chi connectivity index (χ0) is 23.7. The molecule has 3 heterocycles. The average Bonchev–Trinajstić information content (AvgIpc) is 3.36. The van der Waals surface area contributed by atoms with Gasteiger partial charge in [0.25, 0.3) is 16.8 Å². The van der Waals surface area contributed by atoms with Crippen LogP contribution < -0.4 is 0 Å². The minimum Gasteiger partial charge on any atom is -0.457 e. The van der Waals surface area contributed by atoms with E-state index in [4.69, 9.17) is 9.15 Å². The van der Waals surface area contributed by atoms with E-state index in [9.17, 15) is 24.5 Å². The lowest BCUT2D eigenvalue weighted by Gasteiger charge is -2.27. The Kier molecular flexibility index (Phi) is 6.34. The summed E-state index contributed by atoms with van der Waals surface area (Å²) in [7, 11) is 0. The number of benzene rings is 1. The number of imide groups is 1. The number of nitro groups is 1. The minimum absolute atomic E-state index is 0.00555. The van der Waals surface area contributed by atoms with Gasteiger partial charge in [-0.25, -0.2) is 0 Å². The summed E-state index contributed by atoms with van der Waals surface area (Å²) in [5, 5.41) is 10.8. The van der Waals surface area contributed by atoms with Crippen LogP contribution in [0, 0.1) is 24.0 Å². The summed E-state index contributed by atoms with van der Waals surface area (Å²) in [6.07, 6.45) is 1.43. The van der Waals surface area contributed by atoms with Crippen LogP contribution in [0.1, 0.15) is 16.9 Å². The molecule has 0 saturated carbocycles. The number of hydrogen-bond acceptors (Lipinski definition) is 8. The Balaban J connectivity index is 1.51. The highest BCUT2D eigenvalue weighted by Gasteiger charge is 2.37. The smallest absolute Gasteiger partial charge is 0.294 e. The summed E-state index contributed by atoms with van der Waals surface area (Å²) in [4.78, 5) is 51.0. The van der Waals surface area contributed by atoms with Gasteiger partial charge in [-0.15, -0.1) is 0 Å². The number of rotatable bonds is 5. The number of carbonyl (C=O) groups is 3. The molecule has 3 amide bonds. The first kappa shape index (κ1) is 22.7. The van der Waals surface area contributed by atoms with Crippen LogP contribution in [0.2, 0.25) is 0 Å². The van der Waals surface area contributed by atoms with Gasteiger partial charge in [-0.05, 0) is 49.4 Å². The molecule has 2 saturated heterocycles. The highest BCUT2D eigenvalue weighted by atomic mass is 32.2. The quantitative estimate of drug-likeness (QED) is 0.369. The van der Waals surface area contributed by atoms with Crippen molar-refractivity contribution in [3.8, 4) is 11.3 Å². The van der Waals surface area contributed by atoms with E-state index in [-0.39, 0.29) is 23.0 Å². The van der Waals surface area contributed by atoms with Crippen LogP contribution in [0.15, 0.2) is 33.6 Å². The van der Waals surface area contributed by atoms with Crippen LogP contribution >= 0.6 is 11.8 Å². The van der Waals surface area contributed by atoms with E-state index in [1.165, 1.54) is 12.1 Å². The second kappa shape index (κ2) is 9.20. The molecule has 0 N–H and O–H groups in total. The van der Waals surface area contributed by atoms with E-state index in [0.717, 1.165) is 22.2 Å². The fourth-order valence-electron chi connectivity index (χ4n) is 3.57. The van der Waals surface area contributed by atoms with Crippen LogP contribution in [-0.4, -0.2) is 64.6 Å². The lowest BCUT2D eigenvalue weighted by molar-refractivity contribution is -0.385. The maximum Gasteiger partial charge on any atom is 0.294 e.